The van der Waals surface area contributed by atoms with E-state index in [2.05, 4.69) is 25.5 Å². The summed E-state index contributed by atoms with van der Waals surface area (Å²) in [4.78, 5) is 23.0. The molecule has 0 bridgehead atoms. The number of rotatable bonds is 6. The van der Waals surface area contributed by atoms with Gasteiger partial charge in [0.1, 0.15) is 17.3 Å². The number of anilines is 2. The number of morpholine rings is 1. The molecule has 7 nitrogen and oxygen atoms in total. The Kier molecular flexibility index (Phi) is 6.25. The summed E-state index contributed by atoms with van der Waals surface area (Å²) in [6, 6.07) is 4.69. The second-order valence-electron chi connectivity index (χ2n) is 6.15. The summed E-state index contributed by atoms with van der Waals surface area (Å²) in [6.45, 7) is 6.45. The topological polar surface area (TPSA) is 79.4 Å². The van der Waals surface area contributed by atoms with Gasteiger partial charge in [0.25, 0.3) is 5.91 Å². The highest BCUT2D eigenvalue weighted by molar-refractivity contribution is 6.03. The Labute approximate surface area is 155 Å². The summed E-state index contributed by atoms with van der Waals surface area (Å²) in [5.41, 5.74) is 0.290. The molecule has 0 radical (unpaired) electrons. The number of aryl methyl sites for hydroxylation is 1. The van der Waals surface area contributed by atoms with Crippen molar-refractivity contribution in [1.82, 2.24) is 14.9 Å². The minimum absolute atomic E-state index is 0.140. The lowest BCUT2D eigenvalue weighted by molar-refractivity contribution is 0.0398. The van der Waals surface area contributed by atoms with Crippen LogP contribution >= 0.6 is 0 Å². The van der Waals surface area contributed by atoms with Gasteiger partial charge in [-0.1, -0.05) is 0 Å². The summed E-state index contributed by atoms with van der Waals surface area (Å²) in [6.07, 6.45) is 0. The maximum absolute atomic E-state index is 13.3. The number of carbonyl (C=O) groups is 1. The Hall–Kier alpha value is -2.65. The zero-order valence-electron chi connectivity index (χ0n) is 15.0. The molecule has 1 amide bonds. The first kappa shape index (κ1) is 19.1. The van der Waals surface area contributed by atoms with Gasteiger partial charge >= 0.3 is 0 Å². The van der Waals surface area contributed by atoms with Crippen LogP contribution in [0.3, 0.4) is 0 Å². The number of aromatic nitrogens is 2. The summed E-state index contributed by atoms with van der Waals surface area (Å²) < 4.78 is 31.6. The predicted molar refractivity (Wildman–Crippen MR) is 96.8 cm³/mol. The van der Waals surface area contributed by atoms with E-state index >= 15 is 0 Å². The van der Waals surface area contributed by atoms with Crippen LogP contribution in [0.15, 0.2) is 24.3 Å². The first-order chi connectivity index (χ1) is 13.0. The molecule has 2 aromatic rings. The minimum Gasteiger partial charge on any atom is -0.379 e. The smallest absolute Gasteiger partial charge is 0.274 e. The highest BCUT2D eigenvalue weighted by Crippen LogP contribution is 2.15. The van der Waals surface area contributed by atoms with Crippen LogP contribution in [0.4, 0.5) is 20.3 Å². The van der Waals surface area contributed by atoms with Gasteiger partial charge in [-0.05, 0) is 19.1 Å². The lowest BCUT2D eigenvalue weighted by Crippen LogP contribution is -2.39. The zero-order chi connectivity index (χ0) is 19.2. The van der Waals surface area contributed by atoms with Gasteiger partial charge in [-0.2, -0.15) is 0 Å². The second kappa shape index (κ2) is 8.83. The van der Waals surface area contributed by atoms with Crippen molar-refractivity contribution < 1.29 is 18.3 Å². The molecule has 0 atom stereocenters. The third-order valence-electron chi connectivity index (χ3n) is 4.09. The van der Waals surface area contributed by atoms with E-state index in [9.17, 15) is 13.6 Å². The minimum atomic E-state index is -1.03. The van der Waals surface area contributed by atoms with E-state index in [0.29, 0.717) is 18.2 Å². The van der Waals surface area contributed by atoms with Crippen LogP contribution in [-0.2, 0) is 4.74 Å². The number of nitrogens with one attached hydrogen (secondary N) is 2. The maximum Gasteiger partial charge on any atom is 0.274 e. The molecule has 0 saturated carbocycles. The molecule has 1 aliphatic rings. The van der Waals surface area contributed by atoms with Crippen LogP contribution in [0, 0.1) is 18.6 Å². The Morgan fingerprint density at radius 2 is 1.96 bits per heavy atom. The van der Waals surface area contributed by atoms with Gasteiger partial charge < -0.3 is 15.4 Å². The molecule has 2 heterocycles. The Bertz CT molecular complexity index is 812. The molecule has 3 rings (SSSR count). The van der Waals surface area contributed by atoms with Gasteiger partial charge in [0.05, 0.1) is 13.2 Å². The third-order valence-corrected chi connectivity index (χ3v) is 4.09. The molecule has 0 aliphatic carbocycles. The van der Waals surface area contributed by atoms with E-state index in [-0.39, 0.29) is 11.4 Å². The van der Waals surface area contributed by atoms with Gasteiger partial charge in [-0.15, -0.1) is 0 Å². The standard InChI is InChI=1S/C18H21F2N5O2/c1-12-22-16(18(26)24-13-2-3-14(19)15(20)10-13)11-17(23-12)21-4-5-25-6-8-27-9-7-25/h2-3,10-11H,4-9H2,1H3,(H,24,26)(H,21,22,23). The van der Waals surface area contributed by atoms with Crippen LogP contribution in [0.1, 0.15) is 16.3 Å². The van der Waals surface area contributed by atoms with Gasteiger partial charge in [-0.25, -0.2) is 18.7 Å². The van der Waals surface area contributed by atoms with E-state index in [1.807, 2.05) is 0 Å². The molecular formula is C18H21F2N5O2. The number of ether oxygens (including phenoxy) is 1. The summed E-state index contributed by atoms with van der Waals surface area (Å²) in [5.74, 6) is -1.56. The molecule has 2 N–H and O–H groups in total. The normalized spacial score (nSPS) is 14.8. The predicted octanol–water partition coefficient (Wildman–Crippen LogP) is 2.06. The van der Waals surface area contributed by atoms with Crippen LogP contribution in [0.5, 0.6) is 0 Å². The lowest BCUT2D eigenvalue weighted by Gasteiger charge is -2.26. The van der Waals surface area contributed by atoms with Crippen molar-refractivity contribution in [2.24, 2.45) is 0 Å². The van der Waals surface area contributed by atoms with Gasteiger partial charge in [0.15, 0.2) is 11.6 Å². The highest BCUT2D eigenvalue weighted by atomic mass is 19.2. The summed E-state index contributed by atoms with van der Waals surface area (Å²) in [7, 11) is 0. The highest BCUT2D eigenvalue weighted by Gasteiger charge is 2.13. The lowest BCUT2D eigenvalue weighted by atomic mass is 10.2. The number of carbonyl (C=O) groups excluding carboxylic acids is 1. The Morgan fingerprint density at radius 1 is 1.19 bits per heavy atom. The molecule has 1 saturated heterocycles. The van der Waals surface area contributed by atoms with E-state index in [4.69, 9.17) is 4.74 Å². The molecule has 1 aliphatic heterocycles. The summed E-state index contributed by atoms with van der Waals surface area (Å²) >= 11 is 0. The number of halogens is 2. The molecule has 0 spiro atoms. The molecule has 1 aromatic heterocycles. The van der Waals surface area contributed by atoms with E-state index in [1.165, 1.54) is 12.1 Å². The largest absolute Gasteiger partial charge is 0.379 e. The fraction of sp³-hybridized carbons (Fsp3) is 0.389. The van der Waals surface area contributed by atoms with Crippen LogP contribution < -0.4 is 10.6 Å². The average Bonchev–Trinajstić information content (AvgIpc) is 2.65. The average molecular weight is 377 g/mol. The monoisotopic (exact) mass is 377 g/mol. The van der Waals surface area contributed by atoms with Crippen molar-refractivity contribution in [3.63, 3.8) is 0 Å². The van der Waals surface area contributed by atoms with E-state index < -0.39 is 17.5 Å². The summed E-state index contributed by atoms with van der Waals surface area (Å²) in [5, 5.41) is 5.69. The third kappa shape index (κ3) is 5.41. The molecule has 27 heavy (non-hydrogen) atoms. The van der Waals surface area contributed by atoms with Crippen molar-refractivity contribution >= 4 is 17.4 Å². The molecular weight excluding hydrogens is 356 g/mol. The molecule has 1 fully saturated rings. The van der Waals surface area contributed by atoms with Crippen LogP contribution in [-0.4, -0.2) is 60.2 Å². The van der Waals surface area contributed by atoms with E-state index in [1.54, 1.807) is 6.92 Å². The van der Waals surface area contributed by atoms with Crippen molar-refractivity contribution in [3.05, 3.63) is 47.4 Å². The van der Waals surface area contributed by atoms with Crippen molar-refractivity contribution in [2.45, 2.75) is 6.92 Å². The fourth-order valence-electron chi connectivity index (χ4n) is 2.71. The van der Waals surface area contributed by atoms with Gasteiger partial charge in [0.2, 0.25) is 0 Å². The number of benzene rings is 1. The fourth-order valence-corrected chi connectivity index (χ4v) is 2.71. The second-order valence-corrected chi connectivity index (χ2v) is 6.15. The van der Waals surface area contributed by atoms with Crippen LogP contribution in [0.25, 0.3) is 0 Å². The molecule has 9 heteroatoms. The first-order valence-corrected chi connectivity index (χ1v) is 8.67. The van der Waals surface area contributed by atoms with Gasteiger partial charge in [0, 0.05) is 44.0 Å². The molecule has 144 valence electrons. The molecule has 1 aromatic carbocycles. The number of nitrogens with zero attached hydrogens (tertiary/aromatic N) is 3. The van der Waals surface area contributed by atoms with Crippen molar-refractivity contribution in [1.29, 1.82) is 0 Å². The Balaban J connectivity index is 1.61. The molecule has 0 unspecified atom stereocenters. The SMILES string of the molecule is Cc1nc(NCCN2CCOCC2)cc(C(=O)Nc2ccc(F)c(F)c2)n1. The zero-order valence-corrected chi connectivity index (χ0v) is 15.0. The van der Waals surface area contributed by atoms with Crippen molar-refractivity contribution in [2.75, 3.05) is 50.0 Å². The van der Waals surface area contributed by atoms with Crippen molar-refractivity contribution in [3.8, 4) is 0 Å². The van der Waals surface area contributed by atoms with Crippen LogP contribution in [0.2, 0.25) is 0 Å². The van der Waals surface area contributed by atoms with Gasteiger partial charge in [-0.3, -0.25) is 9.69 Å². The number of hydrogen-bond acceptors (Lipinski definition) is 6. The number of amides is 1. The first-order valence-electron chi connectivity index (χ1n) is 8.67. The Morgan fingerprint density at radius 3 is 2.70 bits per heavy atom. The number of hydrogen-bond donors (Lipinski definition) is 2. The maximum atomic E-state index is 13.3. The van der Waals surface area contributed by atoms with E-state index in [0.717, 1.165) is 45.0 Å². The quantitative estimate of drug-likeness (QED) is 0.802.